The fraction of sp³-hybridized carbons (Fsp3) is 0.545. The molecular weight excluding hydrogens is 258 g/mol. The predicted octanol–water partition coefficient (Wildman–Crippen LogP) is 2.29. The van der Waals surface area contributed by atoms with Crippen LogP contribution in [0.4, 0.5) is 5.69 Å². The lowest BCUT2D eigenvalue weighted by molar-refractivity contribution is -0.385. The zero-order valence-electron chi connectivity index (χ0n) is 9.71. The summed E-state index contributed by atoms with van der Waals surface area (Å²) in [7, 11) is 0. The van der Waals surface area contributed by atoms with E-state index in [9.17, 15) is 10.1 Å². The predicted molar refractivity (Wildman–Crippen MR) is 66.8 cm³/mol. The van der Waals surface area contributed by atoms with Gasteiger partial charge in [-0.2, -0.15) is 0 Å². The Kier molecular flexibility index (Phi) is 3.98. The summed E-state index contributed by atoms with van der Waals surface area (Å²) in [6.45, 7) is 0. The van der Waals surface area contributed by atoms with Crippen molar-refractivity contribution < 1.29 is 9.66 Å². The van der Waals surface area contributed by atoms with Gasteiger partial charge >= 0.3 is 0 Å². The first-order valence-corrected chi connectivity index (χ1v) is 6.16. The largest absolute Gasteiger partial charge is 0.473 e. The second-order valence-corrected chi connectivity index (χ2v) is 4.80. The average Bonchev–Trinajstić information content (AvgIpc) is 2.34. The van der Waals surface area contributed by atoms with Crippen molar-refractivity contribution in [3.05, 3.63) is 27.4 Å². The molecule has 0 radical (unpaired) electrons. The Morgan fingerprint density at radius 2 is 2.11 bits per heavy atom. The molecule has 2 rings (SSSR count). The maximum Gasteiger partial charge on any atom is 0.289 e. The molecule has 1 saturated carbocycles. The van der Waals surface area contributed by atoms with Gasteiger partial charge in [0.05, 0.1) is 4.92 Å². The molecule has 0 unspecified atom stereocenters. The molecule has 1 fully saturated rings. The third-order valence-electron chi connectivity index (χ3n) is 3.00. The lowest BCUT2D eigenvalue weighted by Crippen LogP contribution is -2.31. The van der Waals surface area contributed by atoms with Crippen LogP contribution in [0.1, 0.15) is 25.7 Å². The van der Waals surface area contributed by atoms with Gasteiger partial charge in [0.2, 0.25) is 5.88 Å². The smallest absolute Gasteiger partial charge is 0.289 e. The molecule has 6 nitrogen and oxygen atoms in total. The van der Waals surface area contributed by atoms with Crippen molar-refractivity contribution in [3.8, 4) is 5.88 Å². The minimum Gasteiger partial charge on any atom is -0.473 e. The van der Waals surface area contributed by atoms with Crippen LogP contribution in [0.3, 0.4) is 0 Å². The van der Waals surface area contributed by atoms with Crippen LogP contribution in [-0.4, -0.2) is 22.1 Å². The van der Waals surface area contributed by atoms with Crippen LogP contribution >= 0.6 is 11.6 Å². The molecule has 1 aliphatic rings. The summed E-state index contributed by atoms with van der Waals surface area (Å²) in [5.41, 5.74) is 5.66. The molecule has 1 aliphatic carbocycles. The third kappa shape index (κ3) is 3.08. The molecule has 0 saturated heterocycles. The van der Waals surface area contributed by atoms with E-state index in [-0.39, 0.29) is 28.7 Å². The van der Waals surface area contributed by atoms with Crippen LogP contribution in [-0.2, 0) is 0 Å². The Bertz CT molecular complexity index is 447. The first-order chi connectivity index (χ1) is 8.56. The Balaban J connectivity index is 2.03. The third-order valence-corrected chi connectivity index (χ3v) is 3.27. The van der Waals surface area contributed by atoms with Gasteiger partial charge in [0, 0.05) is 12.1 Å². The zero-order valence-corrected chi connectivity index (χ0v) is 10.5. The van der Waals surface area contributed by atoms with E-state index >= 15 is 0 Å². The number of rotatable bonds is 3. The number of pyridine rings is 1. The van der Waals surface area contributed by atoms with Gasteiger partial charge in [-0.05, 0) is 25.7 Å². The average molecular weight is 272 g/mol. The summed E-state index contributed by atoms with van der Waals surface area (Å²) in [6.07, 6.45) is 4.73. The highest BCUT2D eigenvalue weighted by molar-refractivity contribution is 6.32. The van der Waals surface area contributed by atoms with Crippen molar-refractivity contribution in [2.24, 2.45) is 5.73 Å². The number of aromatic nitrogens is 1. The number of nitro groups is 1. The van der Waals surface area contributed by atoms with E-state index in [1.54, 1.807) is 0 Å². The number of nitrogens with zero attached hydrogens (tertiary/aromatic N) is 2. The van der Waals surface area contributed by atoms with Gasteiger partial charge in [-0.3, -0.25) is 10.1 Å². The van der Waals surface area contributed by atoms with E-state index in [1.165, 1.54) is 6.07 Å². The van der Waals surface area contributed by atoms with Crippen molar-refractivity contribution in [1.29, 1.82) is 0 Å². The van der Waals surface area contributed by atoms with Crippen LogP contribution in [0.15, 0.2) is 12.3 Å². The van der Waals surface area contributed by atoms with Crippen LogP contribution in [0, 0.1) is 10.1 Å². The molecule has 1 heterocycles. The lowest BCUT2D eigenvalue weighted by Gasteiger charge is -2.26. The zero-order chi connectivity index (χ0) is 13.1. The van der Waals surface area contributed by atoms with Crippen molar-refractivity contribution in [3.63, 3.8) is 0 Å². The Morgan fingerprint density at radius 3 is 2.67 bits per heavy atom. The molecule has 1 aromatic rings. The van der Waals surface area contributed by atoms with Crippen LogP contribution in [0.25, 0.3) is 0 Å². The molecule has 2 N–H and O–H groups in total. The number of nitrogens with two attached hydrogens (primary N) is 1. The molecule has 0 atom stereocenters. The number of hydrogen-bond donors (Lipinski definition) is 1. The van der Waals surface area contributed by atoms with E-state index < -0.39 is 4.92 Å². The van der Waals surface area contributed by atoms with Crippen LogP contribution in [0.2, 0.25) is 5.02 Å². The first-order valence-electron chi connectivity index (χ1n) is 5.78. The number of halogens is 1. The second-order valence-electron chi connectivity index (χ2n) is 4.39. The molecule has 1 aromatic heterocycles. The maximum atomic E-state index is 10.5. The Morgan fingerprint density at radius 1 is 1.44 bits per heavy atom. The van der Waals surface area contributed by atoms with Crippen molar-refractivity contribution in [2.75, 3.05) is 0 Å². The fourth-order valence-corrected chi connectivity index (χ4v) is 2.17. The van der Waals surface area contributed by atoms with E-state index in [0.29, 0.717) is 0 Å². The lowest BCUT2D eigenvalue weighted by atomic mass is 9.94. The standard InChI is InChI=1S/C11H14ClN3O3/c12-10-5-8(15(16)17)6-14-11(10)18-9-3-1-7(13)2-4-9/h5-7,9H,1-4,13H2. The van der Waals surface area contributed by atoms with Gasteiger partial charge < -0.3 is 10.5 Å². The fourth-order valence-electron chi connectivity index (χ4n) is 1.97. The molecule has 0 amide bonds. The number of hydrogen-bond acceptors (Lipinski definition) is 5. The topological polar surface area (TPSA) is 91.3 Å². The van der Waals surface area contributed by atoms with Gasteiger partial charge in [0.15, 0.2) is 0 Å². The van der Waals surface area contributed by atoms with Gasteiger partial charge in [-0.15, -0.1) is 0 Å². The van der Waals surface area contributed by atoms with Gasteiger partial charge in [0.1, 0.15) is 17.3 Å². The minimum absolute atomic E-state index is 0.0382. The monoisotopic (exact) mass is 271 g/mol. The minimum atomic E-state index is -0.539. The second kappa shape index (κ2) is 5.49. The summed E-state index contributed by atoms with van der Waals surface area (Å²) >= 11 is 5.90. The molecule has 7 heteroatoms. The van der Waals surface area contributed by atoms with Gasteiger partial charge in [-0.1, -0.05) is 11.6 Å². The first kappa shape index (κ1) is 13.0. The Labute approximate surface area is 109 Å². The van der Waals surface area contributed by atoms with Crippen molar-refractivity contribution >= 4 is 17.3 Å². The normalized spacial score (nSPS) is 23.7. The highest BCUT2D eigenvalue weighted by atomic mass is 35.5. The van der Waals surface area contributed by atoms with E-state index in [1.807, 2.05) is 0 Å². The quantitative estimate of drug-likeness (QED) is 0.673. The maximum absolute atomic E-state index is 10.5. The molecular formula is C11H14ClN3O3. The van der Waals surface area contributed by atoms with Crippen molar-refractivity contribution in [2.45, 2.75) is 37.8 Å². The van der Waals surface area contributed by atoms with Crippen LogP contribution < -0.4 is 10.5 Å². The van der Waals surface area contributed by atoms with E-state index in [2.05, 4.69) is 4.98 Å². The molecule has 18 heavy (non-hydrogen) atoms. The van der Waals surface area contributed by atoms with E-state index in [4.69, 9.17) is 22.1 Å². The van der Waals surface area contributed by atoms with E-state index in [0.717, 1.165) is 31.9 Å². The SMILES string of the molecule is NC1CCC(Oc2ncc([N+](=O)[O-])cc2Cl)CC1. The van der Waals surface area contributed by atoms with Gasteiger partial charge in [0.25, 0.3) is 5.69 Å². The summed E-state index contributed by atoms with van der Waals surface area (Å²) in [6, 6.07) is 1.49. The van der Waals surface area contributed by atoms with Crippen LogP contribution in [0.5, 0.6) is 5.88 Å². The summed E-state index contributed by atoms with van der Waals surface area (Å²) in [4.78, 5) is 13.9. The highest BCUT2D eigenvalue weighted by Gasteiger charge is 2.22. The molecule has 98 valence electrons. The molecule has 0 aromatic carbocycles. The number of ether oxygens (including phenoxy) is 1. The van der Waals surface area contributed by atoms with Gasteiger partial charge in [-0.25, -0.2) is 4.98 Å². The molecule has 0 bridgehead atoms. The summed E-state index contributed by atoms with van der Waals surface area (Å²) in [5, 5.41) is 10.7. The summed E-state index contributed by atoms with van der Waals surface area (Å²) in [5.74, 6) is 0.253. The van der Waals surface area contributed by atoms with Crippen molar-refractivity contribution in [1.82, 2.24) is 4.98 Å². The highest BCUT2D eigenvalue weighted by Crippen LogP contribution is 2.29. The summed E-state index contributed by atoms with van der Waals surface area (Å²) < 4.78 is 5.65. The Hall–Kier alpha value is -1.40. The molecule has 0 aliphatic heterocycles. The molecule has 0 spiro atoms.